The van der Waals surface area contributed by atoms with Gasteiger partial charge in [0.25, 0.3) is 0 Å². The zero-order valence-corrected chi connectivity index (χ0v) is 26.9. The summed E-state index contributed by atoms with van der Waals surface area (Å²) < 4.78 is 0. The monoisotopic (exact) mass is 630 g/mol. The molecule has 228 valence electrons. The molecule has 0 aliphatic heterocycles. The van der Waals surface area contributed by atoms with Crippen molar-refractivity contribution in [3.8, 4) is 66.8 Å². The molecular weight excluding hydrogens is 605 g/mol. The third-order valence-corrected chi connectivity index (χ3v) is 11.3. The van der Waals surface area contributed by atoms with Crippen LogP contribution in [0.3, 0.4) is 0 Å². The van der Waals surface area contributed by atoms with E-state index in [1.807, 2.05) is 30.9 Å². The molecule has 2 nitrogen and oxygen atoms in total. The lowest BCUT2D eigenvalue weighted by atomic mass is 9.84. The van der Waals surface area contributed by atoms with E-state index in [-0.39, 0.29) is 0 Å². The van der Waals surface area contributed by atoms with Gasteiger partial charge in [0, 0.05) is 35.9 Å². The lowest BCUT2D eigenvalue weighted by molar-refractivity contribution is 1.33. The molecule has 0 unspecified atom stereocenters. The van der Waals surface area contributed by atoms with Crippen LogP contribution in [0.2, 0.25) is 0 Å². The van der Waals surface area contributed by atoms with Crippen molar-refractivity contribution in [1.82, 2.24) is 9.97 Å². The van der Waals surface area contributed by atoms with Gasteiger partial charge < -0.3 is 0 Å². The Balaban J connectivity index is 1.26. The Morgan fingerprint density at radius 2 is 0.800 bits per heavy atom. The first-order valence-electron chi connectivity index (χ1n) is 17.2. The fourth-order valence-electron chi connectivity index (χ4n) is 9.23. The highest BCUT2D eigenvalue weighted by molar-refractivity contribution is 6.29. The first-order valence-corrected chi connectivity index (χ1v) is 17.2. The van der Waals surface area contributed by atoms with Crippen LogP contribution < -0.4 is 0 Å². The van der Waals surface area contributed by atoms with Crippen LogP contribution in [0.4, 0.5) is 0 Å². The number of rotatable bonds is 2. The van der Waals surface area contributed by atoms with Crippen LogP contribution in [-0.4, -0.2) is 9.97 Å². The predicted octanol–water partition coefficient (Wildman–Crippen LogP) is 12.9. The Bertz CT molecular complexity index is 3110. The third-order valence-electron chi connectivity index (χ3n) is 11.3. The summed E-state index contributed by atoms with van der Waals surface area (Å²) in [6, 6.07) is 49.8. The average molecular weight is 631 g/mol. The smallest absolute Gasteiger partial charge is 0.0346 e. The van der Waals surface area contributed by atoms with Gasteiger partial charge in [-0.2, -0.15) is 0 Å². The molecule has 8 aromatic carbocycles. The zero-order valence-electron chi connectivity index (χ0n) is 26.9. The van der Waals surface area contributed by atoms with E-state index in [1.165, 1.54) is 109 Å². The molecule has 10 aromatic rings. The molecule has 2 aliphatic rings. The molecule has 12 rings (SSSR count). The molecule has 0 bridgehead atoms. The van der Waals surface area contributed by atoms with Crippen LogP contribution in [0.5, 0.6) is 0 Å². The molecule has 0 saturated heterocycles. The van der Waals surface area contributed by atoms with Crippen molar-refractivity contribution in [1.29, 1.82) is 0 Å². The van der Waals surface area contributed by atoms with Crippen molar-refractivity contribution < 1.29 is 0 Å². The van der Waals surface area contributed by atoms with Gasteiger partial charge in [-0.3, -0.25) is 9.97 Å². The Hall–Kier alpha value is -6.64. The first kappa shape index (κ1) is 26.3. The normalized spacial score (nSPS) is 12.4. The maximum atomic E-state index is 4.61. The van der Waals surface area contributed by atoms with Gasteiger partial charge in [-0.15, -0.1) is 0 Å². The molecule has 50 heavy (non-hydrogen) atoms. The lowest BCUT2D eigenvalue weighted by Crippen LogP contribution is -1.92. The largest absolute Gasteiger partial charge is 0.264 e. The molecule has 0 spiro atoms. The van der Waals surface area contributed by atoms with E-state index in [2.05, 4.69) is 137 Å². The maximum Gasteiger partial charge on any atom is 0.0346 e. The van der Waals surface area contributed by atoms with Crippen LogP contribution in [0.15, 0.2) is 158 Å². The van der Waals surface area contributed by atoms with E-state index in [1.54, 1.807) is 0 Å². The summed E-state index contributed by atoms with van der Waals surface area (Å²) in [5, 5.41) is 12.8. The molecule has 0 atom stereocenters. The number of pyridine rings is 2. The highest BCUT2D eigenvalue weighted by atomic mass is 14.6. The molecule has 2 heterocycles. The summed E-state index contributed by atoms with van der Waals surface area (Å²) in [4.78, 5) is 9.19. The van der Waals surface area contributed by atoms with Crippen LogP contribution >= 0.6 is 0 Å². The average Bonchev–Trinajstić information content (AvgIpc) is 3.67. The fourth-order valence-corrected chi connectivity index (χ4v) is 9.23. The van der Waals surface area contributed by atoms with Crippen molar-refractivity contribution in [2.75, 3.05) is 0 Å². The van der Waals surface area contributed by atoms with Gasteiger partial charge in [0.2, 0.25) is 0 Å². The second kappa shape index (κ2) is 9.49. The van der Waals surface area contributed by atoms with Crippen molar-refractivity contribution in [2.45, 2.75) is 0 Å². The molecule has 2 aliphatic carbocycles. The molecule has 0 fully saturated rings. The SMILES string of the molecule is c1cncc(-c2cc3c4cc5c(c(-c6cccnc6)c4ccc3c3cc4c(cc23)-c2cccc3cccc-4c23)-c2cccc3cccc-5c23)c1. The zero-order chi connectivity index (χ0) is 32.5. The highest BCUT2D eigenvalue weighted by Gasteiger charge is 2.28. The number of aromatic nitrogens is 2. The van der Waals surface area contributed by atoms with Gasteiger partial charge in [0.1, 0.15) is 0 Å². The van der Waals surface area contributed by atoms with E-state index in [0.29, 0.717) is 0 Å². The number of fused-ring (bicyclic) bond motifs is 11. The van der Waals surface area contributed by atoms with Crippen LogP contribution in [0.25, 0.3) is 121 Å². The summed E-state index contributed by atoms with van der Waals surface area (Å²) >= 11 is 0. The van der Waals surface area contributed by atoms with Gasteiger partial charge in [-0.1, -0.05) is 97.1 Å². The number of hydrogen-bond donors (Lipinski definition) is 0. The van der Waals surface area contributed by atoms with Gasteiger partial charge in [-0.05, 0) is 146 Å². The van der Waals surface area contributed by atoms with E-state index < -0.39 is 0 Å². The Kier molecular flexibility index (Phi) is 5.00. The minimum Gasteiger partial charge on any atom is -0.264 e. The quantitative estimate of drug-likeness (QED) is 0.178. The van der Waals surface area contributed by atoms with E-state index in [9.17, 15) is 0 Å². The molecule has 0 radical (unpaired) electrons. The van der Waals surface area contributed by atoms with Crippen molar-refractivity contribution in [3.05, 3.63) is 158 Å². The van der Waals surface area contributed by atoms with Crippen LogP contribution in [0, 0.1) is 0 Å². The van der Waals surface area contributed by atoms with Crippen LogP contribution in [-0.2, 0) is 0 Å². The summed E-state index contributed by atoms with van der Waals surface area (Å²) in [5.41, 5.74) is 15.1. The fraction of sp³-hybridized carbons (Fsp3) is 0. The molecule has 0 saturated carbocycles. The summed E-state index contributed by atoms with van der Waals surface area (Å²) in [5.74, 6) is 0. The van der Waals surface area contributed by atoms with Gasteiger partial charge >= 0.3 is 0 Å². The number of benzene rings is 8. The van der Waals surface area contributed by atoms with Gasteiger partial charge in [-0.25, -0.2) is 0 Å². The minimum atomic E-state index is 1.12. The summed E-state index contributed by atoms with van der Waals surface area (Å²) in [6.45, 7) is 0. The standard InChI is InChI=1S/C48H26N2/c1-7-27-8-2-14-33-41-23-43-37(29-11-5-19-49-25-29)21-38-31(39(43)22-40(41)32(13-1)45(27)33)17-18-35-42(38)24-44-34-15-3-9-28-10-4-16-36(46(28)34)48(44)47(35)30-12-6-20-50-26-30/h1-26H. The second-order valence-corrected chi connectivity index (χ2v) is 13.7. The highest BCUT2D eigenvalue weighted by Crippen LogP contribution is 2.55. The predicted molar refractivity (Wildman–Crippen MR) is 209 cm³/mol. The van der Waals surface area contributed by atoms with Crippen LogP contribution in [0.1, 0.15) is 0 Å². The van der Waals surface area contributed by atoms with E-state index >= 15 is 0 Å². The Morgan fingerprint density at radius 1 is 0.300 bits per heavy atom. The van der Waals surface area contributed by atoms with Crippen molar-refractivity contribution >= 4 is 53.9 Å². The first-order chi connectivity index (χ1) is 24.8. The maximum absolute atomic E-state index is 4.61. The van der Waals surface area contributed by atoms with Gasteiger partial charge in [0.15, 0.2) is 0 Å². The van der Waals surface area contributed by atoms with E-state index in [4.69, 9.17) is 0 Å². The third kappa shape index (κ3) is 3.32. The number of nitrogens with zero attached hydrogens (tertiary/aromatic N) is 2. The molecule has 0 amide bonds. The Labute approximate surface area is 287 Å². The molecule has 2 aromatic heterocycles. The Morgan fingerprint density at radius 3 is 1.46 bits per heavy atom. The minimum absolute atomic E-state index is 1.12. The summed E-state index contributed by atoms with van der Waals surface area (Å²) in [7, 11) is 0. The molecule has 2 heteroatoms. The second-order valence-electron chi connectivity index (χ2n) is 13.7. The molecule has 0 N–H and O–H groups in total. The topological polar surface area (TPSA) is 25.8 Å². The van der Waals surface area contributed by atoms with Crippen molar-refractivity contribution in [3.63, 3.8) is 0 Å². The number of hydrogen-bond acceptors (Lipinski definition) is 2. The van der Waals surface area contributed by atoms with E-state index in [0.717, 1.165) is 11.1 Å². The lowest BCUT2D eigenvalue weighted by Gasteiger charge is -2.19. The van der Waals surface area contributed by atoms with Gasteiger partial charge in [0.05, 0.1) is 0 Å². The molecular formula is C48H26N2. The summed E-state index contributed by atoms with van der Waals surface area (Å²) in [6.07, 6.45) is 7.75. The van der Waals surface area contributed by atoms with Crippen molar-refractivity contribution in [2.24, 2.45) is 0 Å².